The van der Waals surface area contributed by atoms with Gasteiger partial charge in [-0.15, -0.1) is 11.3 Å². The third-order valence-electron chi connectivity index (χ3n) is 2.54. The topological polar surface area (TPSA) is 49.3 Å². The van der Waals surface area contributed by atoms with E-state index in [1.54, 1.807) is 23.6 Å². The summed E-state index contributed by atoms with van der Waals surface area (Å²) in [6.07, 6.45) is 0. The summed E-state index contributed by atoms with van der Waals surface area (Å²) >= 11 is 1.33. The van der Waals surface area contributed by atoms with Crippen molar-refractivity contribution in [2.24, 2.45) is 0 Å². The van der Waals surface area contributed by atoms with E-state index in [2.05, 4.69) is 17.2 Å². The second-order valence-corrected chi connectivity index (χ2v) is 4.87. The molecular formula is C15H12FNO2S. The van der Waals surface area contributed by atoms with Gasteiger partial charge >= 0.3 is 0 Å². The minimum absolute atomic E-state index is 0.0945. The van der Waals surface area contributed by atoms with E-state index in [0.29, 0.717) is 16.0 Å². The summed E-state index contributed by atoms with van der Waals surface area (Å²) in [5, 5.41) is 13.1. The molecule has 20 heavy (non-hydrogen) atoms. The maximum atomic E-state index is 13.6. The number of benzene rings is 1. The molecule has 0 spiro atoms. The number of carbonyl (C=O) groups is 1. The number of hydrogen-bond acceptors (Lipinski definition) is 3. The average Bonchev–Trinajstić information content (AvgIpc) is 2.99. The molecular weight excluding hydrogens is 277 g/mol. The van der Waals surface area contributed by atoms with Gasteiger partial charge in [-0.1, -0.05) is 17.9 Å². The van der Waals surface area contributed by atoms with Gasteiger partial charge in [-0.25, -0.2) is 4.39 Å². The van der Waals surface area contributed by atoms with Crippen molar-refractivity contribution in [1.29, 1.82) is 0 Å². The van der Waals surface area contributed by atoms with Gasteiger partial charge in [0.05, 0.1) is 4.88 Å². The normalized spacial score (nSPS) is 9.70. The highest BCUT2D eigenvalue weighted by atomic mass is 32.1. The Labute approximate surface area is 120 Å². The van der Waals surface area contributed by atoms with E-state index in [4.69, 9.17) is 5.11 Å². The van der Waals surface area contributed by atoms with Gasteiger partial charge in [-0.3, -0.25) is 4.79 Å². The molecule has 102 valence electrons. The molecule has 1 amide bonds. The molecule has 0 bridgehead atoms. The van der Waals surface area contributed by atoms with E-state index >= 15 is 0 Å². The van der Waals surface area contributed by atoms with Crippen LogP contribution in [-0.2, 0) is 6.54 Å². The summed E-state index contributed by atoms with van der Waals surface area (Å²) in [6.45, 7) is -0.154. The van der Waals surface area contributed by atoms with E-state index < -0.39 is 5.82 Å². The summed E-state index contributed by atoms with van der Waals surface area (Å²) in [5.74, 6) is 4.57. The van der Waals surface area contributed by atoms with Gasteiger partial charge < -0.3 is 10.4 Å². The second-order valence-electron chi connectivity index (χ2n) is 3.93. The first-order valence-corrected chi connectivity index (χ1v) is 6.78. The van der Waals surface area contributed by atoms with Crippen LogP contribution in [0, 0.1) is 17.7 Å². The smallest absolute Gasteiger partial charge is 0.261 e. The molecule has 0 radical (unpaired) electrons. The Balaban J connectivity index is 2.07. The van der Waals surface area contributed by atoms with Gasteiger partial charge in [0.25, 0.3) is 5.91 Å². The van der Waals surface area contributed by atoms with Crippen LogP contribution in [-0.4, -0.2) is 17.6 Å². The predicted octanol–water partition coefficient (Wildman–Crippen LogP) is 2.16. The molecule has 2 rings (SSSR count). The number of aliphatic hydroxyl groups excluding tert-OH is 1. The Kier molecular flexibility index (Phi) is 4.88. The fourth-order valence-electron chi connectivity index (χ4n) is 1.60. The van der Waals surface area contributed by atoms with Crippen LogP contribution in [0.1, 0.15) is 20.8 Å². The van der Waals surface area contributed by atoms with Crippen molar-refractivity contribution in [2.75, 3.05) is 6.61 Å². The number of thiophene rings is 1. The van der Waals surface area contributed by atoms with Crippen LogP contribution in [0.15, 0.2) is 35.7 Å². The van der Waals surface area contributed by atoms with Crippen molar-refractivity contribution in [3.8, 4) is 11.8 Å². The lowest BCUT2D eigenvalue weighted by Gasteiger charge is -2.06. The first-order chi connectivity index (χ1) is 9.70. The summed E-state index contributed by atoms with van der Waals surface area (Å²) in [5.41, 5.74) is 0.959. The van der Waals surface area contributed by atoms with Gasteiger partial charge in [0.15, 0.2) is 0 Å². The Morgan fingerprint density at radius 3 is 2.95 bits per heavy atom. The molecule has 0 saturated carbocycles. The van der Waals surface area contributed by atoms with Crippen LogP contribution in [0.2, 0.25) is 0 Å². The molecule has 1 aromatic heterocycles. The highest BCUT2D eigenvalue weighted by Crippen LogP contribution is 2.12. The van der Waals surface area contributed by atoms with Gasteiger partial charge in [0.2, 0.25) is 0 Å². The Hall–Kier alpha value is -2.16. The molecule has 0 aliphatic carbocycles. The quantitative estimate of drug-likeness (QED) is 0.851. The monoisotopic (exact) mass is 289 g/mol. The Morgan fingerprint density at radius 1 is 1.40 bits per heavy atom. The van der Waals surface area contributed by atoms with Crippen molar-refractivity contribution in [3.63, 3.8) is 0 Å². The van der Waals surface area contributed by atoms with Crippen molar-refractivity contribution >= 4 is 17.2 Å². The molecule has 2 N–H and O–H groups in total. The lowest BCUT2D eigenvalue weighted by atomic mass is 10.1. The zero-order valence-corrected chi connectivity index (χ0v) is 11.3. The van der Waals surface area contributed by atoms with E-state index in [9.17, 15) is 9.18 Å². The standard InChI is InChI=1S/C15H12FNO2S/c16-13-6-5-11(3-1-7-18)9-12(13)10-17-15(19)14-4-2-8-20-14/h2,4-6,8-9,18H,7,10H2,(H,17,19). The van der Waals surface area contributed by atoms with Gasteiger partial charge in [0.1, 0.15) is 12.4 Å². The van der Waals surface area contributed by atoms with Crippen LogP contribution in [0.3, 0.4) is 0 Å². The maximum Gasteiger partial charge on any atom is 0.261 e. The average molecular weight is 289 g/mol. The Morgan fingerprint density at radius 2 is 2.25 bits per heavy atom. The number of aliphatic hydroxyl groups is 1. The SMILES string of the molecule is O=C(NCc1cc(C#CCO)ccc1F)c1cccs1. The van der Waals surface area contributed by atoms with E-state index in [1.165, 1.54) is 23.5 Å². The minimum Gasteiger partial charge on any atom is -0.384 e. The molecule has 0 aliphatic heterocycles. The zero-order valence-electron chi connectivity index (χ0n) is 10.5. The van der Waals surface area contributed by atoms with Gasteiger partial charge in [0, 0.05) is 17.7 Å². The maximum absolute atomic E-state index is 13.6. The number of rotatable bonds is 3. The fraction of sp³-hybridized carbons (Fsp3) is 0.133. The largest absolute Gasteiger partial charge is 0.384 e. The molecule has 0 unspecified atom stereocenters. The molecule has 0 aliphatic rings. The number of hydrogen-bond donors (Lipinski definition) is 2. The van der Waals surface area contributed by atoms with E-state index in [0.717, 1.165) is 0 Å². The number of amides is 1. The van der Waals surface area contributed by atoms with Crippen LogP contribution in [0.5, 0.6) is 0 Å². The van der Waals surface area contributed by atoms with Crippen molar-refractivity contribution < 1.29 is 14.3 Å². The Bertz CT molecular complexity index is 656. The minimum atomic E-state index is -0.397. The van der Waals surface area contributed by atoms with Crippen LogP contribution in [0.4, 0.5) is 4.39 Å². The summed E-state index contributed by atoms with van der Waals surface area (Å²) < 4.78 is 13.6. The first kappa shape index (κ1) is 14.3. The number of carbonyl (C=O) groups excluding carboxylic acids is 1. The third kappa shape index (κ3) is 3.67. The van der Waals surface area contributed by atoms with E-state index in [1.807, 2.05) is 0 Å². The van der Waals surface area contributed by atoms with Gasteiger partial charge in [-0.2, -0.15) is 0 Å². The van der Waals surface area contributed by atoms with Gasteiger partial charge in [-0.05, 0) is 29.6 Å². The van der Waals surface area contributed by atoms with E-state index in [-0.39, 0.29) is 19.1 Å². The van der Waals surface area contributed by atoms with Crippen LogP contribution in [0.25, 0.3) is 0 Å². The molecule has 0 fully saturated rings. The molecule has 1 aromatic carbocycles. The second kappa shape index (κ2) is 6.85. The third-order valence-corrected chi connectivity index (χ3v) is 3.41. The summed E-state index contributed by atoms with van der Waals surface area (Å²) in [4.78, 5) is 12.3. The first-order valence-electron chi connectivity index (χ1n) is 5.90. The highest BCUT2D eigenvalue weighted by molar-refractivity contribution is 7.12. The summed E-state index contributed by atoms with van der Waals surface area (Å²) in [7, 11) is 0. The van der Waals surface area contributed by atoms with Crippen molar-refractivity contribution in [1.82, 2.24) is 5.32 Å². The molecule has 0 saturated heterocycles. The number of nitrogens with one attached hydrogen (secondary N) is 1. The predicted molar refractivity (Wildman–Crippen MR) is 75.9 cm³/mol. The highest BCUT2D eigenvalue weighted by Gasteiger charge is 2.08. The lowest BCUT2D eigenvalue weighted by Crippen LogP contribution is -2.22. The molecule has 2 aromatic rings. The fourth-order valence-corrected chi connectivity index (χ4v) is 2.24. The summed E-state index contributed by atoms with van der Waals surface area (Å²) in [6, 6.07) is 7.88. The molecule has 5 heteroatoms. The molecule has 0 atom stereocenters. The zero-order chi connectivity index (χ0) is 14.4. The van der Waals surface area contributed by atoms with Crippen LogP contribution >= 0.6 is 11.3 Å². The number of halogens is 1. The van der Waals surface area contributed by atoms with Crippen molar-refractivity contribution in [2.45, 2.75) is 6.54 Å². The lowest BCUT2D eigenvalue weighted by molar-refractivity contribution is 0.0954. The van der Waals surface area contributed by atoms with Crippen LogP contribution < -0.4 is 5.32 Å². The molecule has 3 nitrogen and oxygen atoms in total. The molecule has 1 heterocycles. The van der Waals surface area contributed by atoms with Crippen molar-refractivity contribution in [3.05, 3.63) is 57.5 Å².